The third-order valence-corrected chi connectivity index (χ3v) is 5.40. The van der Waals surface area contributed by atoms with E-state index >= 15 is 0 Å². The van der Waals surface area contributed by atoms with E-state index < -0.39 is 11.7 Å². The molecule has 0 aliphatic rings. The summed E-state index contributed by atoms with van der Waals surface area (Å²) < 4.78 is 25.3. The number of methoxy groups -OCH3 is 1. The third-order valence-electron chi connectivity index (χ3n) is 4.53. The van der Waals surface area contributed by atoms with Gasteiger partial charge in [-0.25, -0.2) is 4.39 Å². The Morgan fingerprint density at radius 1 is 1.09 bits per heavy atom. The molecule has 3 aromatic heterocycles. The summed E-state index contributed by atoms with van der Waals surface area (Å²) in [5.74, 6) is -0.0209. The van der Waals surface area contributed by atoms with Crippen molar-refractivity contribution in [3.63, 3.8) is 0 Å². The van der Waals surface area contributed by atoms with Gasteiger partial charge in [-0.15, -0.1) is 10.2 Å². The van der Waals surface area contributed by atoms with Crippen molar-refractivity contribution >= 4 is 22.4 Å². The first-order valence-electron chi connectivity index (χ1n) is 9.54. The molecule has 10 heteroatoms. The van der Waals surface area contributed by atoms with E-state index in [1.807, 2.05) is 19.1 Å². The Labute approximate surface area is 187 Å². The molecule has 4 rings (SSSR count). The normalized spacial score (nSPS) is 11.6. The first-order valence-corrected chi connectivity index (χ1v) is 10.4. The molecular formula is C22H18FN5O3S. The number of halogens is 1. The van der Waals surface area contributed by atoms with E-state index in [1.54, 1.807) is 30.6 Å². The van der Waals surface area contributed by atoms with Gasteiger partial charge in [0.05, 0.1) is 18.9 Å². The fraction of sp³-hybridized carbons (Fsp3) is 0.136. The lowest BCUT2D eigenvalue weighted by molar-refractivity contribution is 0.102. The van der Waals surface area contributed by atoms with Crippen molar-refractivity contribution in [2.75, 3.05) is 12.4 Å². The Balaban J connectivity index is 1.48. The van der Waals surface area contributed by atoms with E-state index in [0.29, 0.717) is 22.1 Å². The van der Waals surface area contributed by atoms with E-state index in [4.69, 9.17) is 9.47 Å². The fourth-order valence-corrected chi connectivity index (χ4v) is 3.65. The van der Waals surface area contributed by atoms with Crippen LogP contribution in [0.1, 0.15) is 28.9 Å². The Morgan fingerprint density at radius 3 is 2.69 bits per heavy atom. The molecule has 0 bridgehead atoms. The van der Waals surface area contributed by atoms with Crippen molar-refractivity contribution in [3.05, 3.63) is 78.1 Å². The Kier molecular flexibility index (Phi) is 6.31. The second kappa shape index (κ2) is 9.48. The molecule has 0 saturated heterocycles. The molecule has 32 heavy (non-hydrogen) atoms. The SMILES string of the molecule is COc1cc(C(=O)Nc2nnc(-c3ccncc3F)s2)ccc1O[C@@H](C)c1cccnc1. The van der Waals surface area contributed by atoms with Crippen LogP contribution in [-0.4, -0.2) is 33.2 Å². The van der Waals surface area contributed by atoms with E-state index in [0.717, 1.165) is 23.1 Å². The van der Waals surface area contributed by atoms with Crippen LogP contribution >= 0.6 is 11.3 Å². The predicted molar refractivity (Wildman–Crippen MR) is 117 cm³/mol. The molecule has 162 valence electrons. The summed E-state index contributed by atoms with van der Waals surface area (Å²) in [5.41, 5.74) is 1.52. The van der Waals surface area contributed by atoms with Gasteiger partial charge < -0.3 is 9.47 Å². The van der Waals surface area contributed by atoms with Crippen LogP contribution in [0.15, 0.2) is 61.2 Å². The third kappa shape index (κ3) is 4.70. The topological polar surface area (TPSA) is 99.1 Å². The van der Waals surface area contributed by atoms with Gasteiger partial charge >= 0.3 is 0 Å². The second-order valence-electron chi connectivity index (χ2n) is 6.63. The minimum absolute atomic E-state index is 0.241. The molecule has 0 unspecified atom stereocenters. The molecule has 1 N–H and O–H groups in total. The van der Waals surface area contributed by atoms with Crippen molar-refractivity contribution in [2.24, 2.45) is 0 Å². The molecular weight excluding hydrogens is 433 g/mol. The minimum Gasteiger partial charge on any atom is -0.493 e. The zero-order valence-electron chi connectivity index (χ0n) is 17.2. The van der Waals surface area contributed by atoms with E-state index in [1.165, 1.54) is 19.4 Å². The molecule has 1 atom stereocenters. The van der Waals surface area contributed by atoms with E-state index in [2.05, 4.69) is 25.5 Å². The van der Waals surface area contributed by atoms with Crippen molar-refractivity contribution in [3.8, 4) is 22.1 Å². The van der Waals surface area contributed by atoms with Crippen molar-refractivity contribution in [1.82, 2.24) is 20.2 Å². The number of ether oxygens (including phenoxy) is 2. The number of nitrogens with one attached hydrogen (secondary N) is 1. The van der Waals surface area contributed by atoms with Gasteiger partial charge in [0.15, 0.2) is 22.3 Å². The first kappa shape index (κ1) is 21.3. The maximum absolute atomic E-state index is 13.9. The molecule has 0 fully saturated rings. The summed E-state index contributed by atoms with van der Waals surface area (Å²) in [4.78, 5) is 20.5. The highest BCUT2D eigenvalue weighted by molar-refractivity contribution is 7.18. The number of hydrogen-bond donors (Lipinski definition) is 1. The number of aromatic nitrogens is 4. The average molecular weight is 451 g/mol. The van der Waals surface area contributed by atoms with Gasteiger partial charge in [0.1, 0.15) is 6.10 Å². The van der Waals surface area contributed by atoms with Crippen LogP contribution in [0.25, 0.3) is 10.6 Å². The van der Waals surface area contributed by atoms with Crippen LogP contribution in [-0.2, 0) is 0 Å². The highest BCUT2D eigenvalue weighted by Crippen LogP contribution is 2.33. The number of hydrogen-bond acceptors (Lipinski definition) is 8. The largest absolute Gasteiger partial charge is 0.493 e. The Bertz CT molecular complexity index is 1240. The molecule has 1 amide bonds. The number of benzene rings is 1. The van der Waals surface area contributed by atoms with Crippen molar-refractivity contribution < 1.29 is 18.7 Å². The fourth-order valence-electron chi connectivity index (χ4n) is 2.88. The van der Waals surface area contributed by atoms with Crippen molar-refractivity contribution in [2.45, 2.75) is 13.0 Å². The lowest BCUT2D eigenvalue weighted by Crippen LogP contribution is -2.12. The number of carbonyl (C=O) groups is 1. The maximum Gasteiger partial charge on any atom is 0.257 e. The van der Waals surface area contributed by atoms with Crippen LogP contribution in [0.4, 0.5) is 9.52 Å². The quantitative estimate of drug-likeness (QED) is 0.440. The number of anilines is 1. The second-order valence-corrected chi connectivity index (χ2v) is 7.61. The highest BCUT2D eigenvalue weighted by atomic mass is 32.1. The summed E-state index contributed by atoms with van der Waals surface area (Å²) in [7, 11) is 1.50. The predicted octanol–water partition coefficient (Wildman–Crippen LogP) is 4.54. The number of pyridine rings is 2. The van der Waals surface area contributed by atoms with Crippen LogP contribution in [0.2, 0.25) is 0 Å². The molecule has 0 aliphatic heterocycles. The van der Waals surface area contributed by atoms with Crippen LogP contribution in [0.3, 0.4) is 0 Å². The Morgan fingerprint density at radius 2 is 1.94 bits per heavy atom. The lowest BCUT2D eigenvalue weighted by Gasteiger charge is -2.17. The minimum atomic E-state index is -0.512. The van der Waals surface area contributed by atoms with Crippen LogP contribution in [0.5, 0.6) is 11.5 Å². The summed E-state index contributed by atoms with van der Waals surface area (Å²) in [6.45, 7) is 1.90. The zero-order valence-corrected chi connectivity index (χ0v) is 18.0. The molecule has 3 heterocycles. The van der Waals surface area contributed by atoms with Gasteiger partial charge in [0.2, 0.25) is 5.13 Å². The highest BCUT2D eigenvalue weighted by Gasteiger charge is 2.17. The molecule has 4 aromatic rings. The molecule has 1 aromatic carbocycles. The Hall–Kier alpha value is -3.92. The van der Waals surface area contributed by atoms with Gasteiger partial charge in [-0.05, 0) is 37.3 Å². The zero-order chi connectivity index (χ0) is 22.5. The summed E-state index contributed by atoms with van der Waals surface area (Å²) in [6, 6.07) is 10.1. The van der Waals surface area contributed by atoms with Crippen molar-refractivity contribution in [1.29, 1.82) is 0 Å². The molecule has 8 nitrogen and oxygen atoms in total. The number of amides is 1. The number of rotatable bonds is 7. The molecule has 0 aliphatic carbocycles. The van der Waals surface area contributed by atoms with Gasteiger partial charge in [0.25, 0.3) is 5.91 Å². The van der Waals surface area contributed by atoms with Crippen LogP contribution < -0.4 is 14.8 Å². The first-order chi connectivity index (χ1) is 15.5. The van der Waals surface area contributed by atoms with Gasteiger partial charge in [-0.3, -0.25) is 20.1 Å². The number of carbonyl (C=O) groups excluding carboxylic acids is 1. The standard InChI is InChI=1S/C22H18FN5O3S/c1-13(15-4-3-8-24-11-15)31-18-6-5-14(10-19(18)30-2)20(29)26-22-28-27-21(32-22)16-7-9-25-12-17(16)23/h3-13H,1-2H3,(H,26,28,29)/t13-/m0/s1. The van der Waals surface area contributed by atoms with E-state index in [-0.39, 0.29) is 16.8 Å². The smallest absolute Gasteiger partial charge is 0.257 e. The summed E-state index contributed by atoms with van der Waals surface area (Å²) in [5, 5.41) is 11.1. The maximum atomic E-state index is 13.9. The molecule has 0 radical (unpaired) electrons. The van der Waals surface area contributed by atoms with Crippen LogP contribution in [0, 0.1) is 5.82 Å². The monoisotopic (exact) mass is 451 g/mol. The lowest BCUT2D eigenvalue weighted by atomic mass is 10.1. The van der Waals surface area contributed by atoms with Gasteiger partial charge in [-0.1, -0.05) is 17.4 Å². The van der Waals surface area contributed by atoms with Gasteiger partial charge in [-0.2, -0.15) is 0 Å². The molecule has 0 saturated carbocycles. The van der Waals surface area contributed by atoms with E-state index in [9.17, 15) is 9.18 Å². The van der Waals surface area contributed by atoms with Gasteiger partial charge in [0, 0.05) is 29.7 Å². The summed E-state index contributed by atoms with van der Waals surface area (Å²) in [6.07, 6.45) is 5.72. The average Bonchev–Trinajstić information content (AvgIpc) is 3.28. The molecule has 0 spiro atoms. The summed E-state index contributed by atoms with van der Waals surface area (Å²) >= 11 is 1.06. The number of nitrogens with zero attached hydrogens (tertiary/aromatic N) is 4.